The molecule has 4 rings (SSSR count). The van der Waals surface area contributed by atoms with Crippen LogP contribution in [0.25, 0.3) is 6.08 Å². The number of aryl methyl sites for hydroxylation is 1. The van der Waals surface area contributed by atoms with Gasteiger partial charge in [-0.05, 0) is 47.5 Å². The Hall–Kier alpha value is -2.57. The molecule has 1 aromatic carbocycles. The van der Waals surface area contributed by atoms with Crippen molar-refractivity contribution in [3.63, 3.8) is 0 Å². The molecule has 1 amide bonds. The second-order valence-electron chi connectivity index (χ2n) is 6.38. The molecular formula is C21H21ClN4OS. The van der Waals surface area contributed by atoms with Crippen molar-refractivity contribution in [3.05, 3.63) is 70.9 Å². The number of para-hydroxylation sites is 1. The lowest BCUT2D eigenvalue weighted by Crippen LogP contribution is -3.00. The lowest BCUT2D eigenvalue weighted by Gasteiger charge is -2.27. The predicted molar refractivity (Wildman–Crippen MR) is 111 cm³/mol. The first-order valence-electron chi connectivity index (χ1n) is 8.88. The Labute approximate surface area is 175 Å². The van der Waals surface area contributed by atoms with Gasteiger partial charge in [0.1, 0.15) is 4.91 Å². The van der Waals surface area contributed by atoms with Crippen LogP contribution in [0.5, 0.6) is 0 Å². The van der Waals surface area contributed by atoms with Gasteiger partial charge in [-0.2, -0.15) is 0 Å². The summed E-state index contributed by atoms with van der Waals surface area (Å²) in [5, 5.41) is 0.715. The minimum Gasteiger partial charge on any atom is -1.00 e. The van der Waals surface area contributed by atoms with Crippen molar-refractivity contribution >= 4 is 40.4 Å². The van der Waals surface area contributed by atoms with Crippen molar-refractivity contribution in [2.45, 2.75) is 6.92 Å². The molecule has 0 spiro atoms. The molecule has 7 heteroatoms. The third kappa shape index (κ3) is 3.45. The van der Waals surface area contributed by atoms with Gasteiger partial charge in [0.05, 0.1) is 18.9 Å². The molecule has 144 valence electrons. The topological polar surface area (TPSA) is 39.8 Å². The maximum Gasteiger partial charge on any atom is 0.326 e. The molecule has 2 aliphatic rings. The lowest BCUT2D eigenvalue weighted by molar-refractivity contribution is -0.658. The first-order valence-corrected chi connectivity index (χ1v) is 9.70. The Balaban J connectivity index is 0.00000225. The summed E-state index contributed by atoms with van der Waals surface area (Å²) in [6.07, 6.45) is 6.03. The Bertz CT molecular complexity index is 1010. The van der Waals surface area contributed by atoms with Gasteiger partial charge in [-0.15, -0.1) is 0 Å². The van der Waals surface area contributed by atoms with Gasteiger partial charge in [0.15, 0.2) is 0 Å². The van der Waals surface area contributed by atoms with E-state index in [1.165, 1.54) is 11.8 Å². The Morgan fingerprint density at radius 3 is 2.61 bits per heavy atom. The average Bonchev–Trinajstić information content (AvgIpc) is 2.99. The van der Waals surface area contributed by atoms with E-state index in [-0.39, 0.29) is 18.3 Å². The largest absolute Gasteiger partial charge is 1.00 e. The molecule has 1 fully saturated rings. The summed E-state index contributed by atoms with van der Waals surface area (Å²) in [5.41, 5.74) is 3.15. The fraction of sp³-hybridized carbons (Fsp3) is 0.190. The van der Waals surface area contributed by atoms with E-state index in [0.29, 0.717) is 16.6 Å². The van der Waals surface area contributed by atoms with Gasteiger partial charge in [-0.25, -0.2) is 4.57 Å². The summed E-state index contributed by atoms with van der Waals surface area (Å²) < 4.78 is 1.94. The van der Waals surface area contributed by atoms with Crippen LogP contribution in [0.3, 0.4) is 0 Å². The number of amidine groups is 1. The molecule has 0 atom stereocenters. The zero-order valence-corrected chi connectivity index (χ0v) is 17.5. The van der Waals surface area contributed by atoms with Crippen molar-refractivity contribution in [2.75, 3.05) is 18.5 Å². The number of fused-ring (bicyclic) bond motifs is 1. The summed E-state index contributed by atoms with van der Waals surface area (Å²) in [5.74, 6) is 0.820. The van der Waals surface area contributed by atoms with E-state index in [9.17, 15) is 4.79 Å². The standard InChI is InChI=1S/C21H21N4OS.ClH/c1-4-25-20(26)19(27-21(25)22-18-11-7-8-14-23(18)2)17-13-12-15-9-5-6-10-16(15)24(17)3;/h5-14H,4H2,1-3H3;1H/q+1;/p-1/b19-17-;. The minimum atomic E-state index is 0. The molecule has 2 aliphatic heterocycles. The van der Waals surface area contributed by atoms with E-state index < -0.39 is 0 Å². The summed E-state index contributed by atoms with van der Waals surface area (Å²) in [7, 11) is 3.95. The Morgan fingerprint density at radius 2 is 1.86 bits per heavy atom. The van der Waals surface area contributed by atoms with Crippen LogP contribution in [0.4, 0.5) is 11.5 Å². The van der Waals surface area contributed by atoms with E-state index in [0.717, 1.165) is 22.8 Å². The maximum atomic E-state index is 13.1. The van der Waals surface area contributed by atoms with Gasteiger partial charge in [-0.1, -0.05) is 30.3 Å². The number of thioether (sulfide) groups is 1. The van der Waals surface area contributed by atoms with Crippen LogP contribution < -0.4 is 21.9 Å². The zero-order chi connectivity index (χ0) is 19.0. The number of hydrogen-bond acceptors (Lipinski definition) is 4. The molecule has 0 aliphatic carbocycles. The number of halogens is 1. The fourth-order valence-electron chi connectivity index (χ4n) is 3.22. The van der Waals surface area contributed by atoms with Gasteiger partial charge in [-0.3, -0.25) is 9.69 Å². The third-order valence-electron chi connectivity index (χ3n) is 4.73. The SMILES string of the molecule is CCN1C(=O)/C(=C2\C=Cc3ccccc3N2C)S/C1=N\c1cccc[n+]1C.[Cl-]. The van der Waals surface area contributed by atoms with Crippen LogP contribution >= 0.6 is 11.8 Å². The number of pyridine rings is 1. The van der Waals surface area contributed by atoms with Crippen LogP contribution in [0, 0.1) is 0 Å². The van der Waals surface area contributed by atoms with Crippen LogP contribution in [0.2, 0.25) is 0 Å². The molecular weight excluding hydrogens is 392 g/mol. The summed E-state index contributed by atoms with van der Waals surface area (Å²) >= 11 is 1.44. The second-order valence-corrected chi connectivity index (χ2v) is 7.36. The first-order chi connectivity index (χ1) is 13.1. The quantitative estimate of drug-likeness (QED) is 0.532. The van der Waals surface area contributed by atoms with E-state index >= 15 is 0 Å². The summed E-state index contributed by atoms with van der Waals surface area (Å²) in [4.78, 5) is 22.4. The van der Waals surface area contributed by atoms with Crippen LogP contribution in [-0.4, -0.2) is 29.6 Å². The fourth-order valence-corrected chi connectivity index (χ4v) is 4.38. The van der Waals surface area contributed by atoms with E-state index in [4.69, 9.17) is 4.99 Å². The average molecular weight is 413 g/mol. The number of rotatable bonds is 2. The van der Waals surface area contributed by atoms with Gasteiger partial charge in [0.25, 0.3) is 11.1 Å². The molecule has 0 saturated carbocycles. The van der Waals surface area contributed by atoms with Crippen LogP contribution in [0.1, 0.15) is 12.5 Å². The van der Waals surface area contributed by atoms with Gasteiger partial charge >= 0.3 is 5.82 Å². The lowest BCUT2D eigenvalue weighted by atomic mass is 10.1. The van der Waals surface area contributed by atoms with Crippen molar-refractivity contribution in [1.82, 2.24) is 4.90 Å². The summed E-state index contributed by atoms with van der Waals surface area (Å²) in [6, 6.07) is 14.0. The zero-order valence-electron chi connectivity index (χ0n) is 16.0. The molecule has 0 radical (unpaired) electrons. The number of carbonyl (C=O) groups excluding carboxylic acids is 1. The molecule has 0 unspecified atom stereocenters. The van der Waals surface area contributed by atoms with Crippen molar-refractivity contribution < 1.29 is 21.8 Å². The Morgan fingerprint density at radius 1 is 1.11 bits per heavy atom. The number of benzene rings is 1. The molecule has 1 aromatic heterocycles. The van der Waals surface area contributed by atoms with Crippen molar-refractivity contribution in [2.24, 2.45) is 12.0 Å². The highest BCUT2D eigenvalue weighted by Crippen LogP contribution is 2.39. The molecule has 5 nitrogen and oxygen atoms in total. The van der Waals surface area contributed by atoms with Gasteiger partial charge in [0.2, 0.25) is 0 Å². The van der Waals surface area contributed by atoms with E-state index in [1.807, 2.05) is 68.2 Å². The number of aromatic nitrogens is 1. The Kier molecular flexibility index (Phi) is 5.91. The molecule has 3 heterocycles. The normalized spacial score (nSPS) is 19.8. The molecule has 0 bridgehead atoms. The third-order valence-corrected chi connectivity index (χ3v) is 5.81. The molecule has 28 heavy (non-hydrogen) atoms. The maximum absolute atomic E-state index is 13.1. The van der Waals surface area contributed by atoms with Gasteiger partial charge < -0.3 is 17.3 Å². The molecule has 2 aromatic rings. The number of hydrogen-bond donors (Lipinski definition) is 0. The number of nitrogens with zero attached hydrogens (tertiary/aromatic N) is 4. The highest BCUT2D eigenvalue weighted by Gasteiger charge is 2.39. The van der Waals surface area contributed by atoms with E-state index in [1.54, 1.807) is 4.90 Å². The highest BCUT2D eigenvalue weighted by molar-refractivity contribution is 8.18. The van der Waals surface area contributed by atoms with E-state index in [2.05, 4.69) is 23.1 Å². The highest BCUT2D eigenvalue weighted by atomic mass is 35.5. The number of amides is 1. The number of allylic oxidation sites excluding steroid dienone is 1. The smallest absolute Gasteiger partial charge is 0.326 e. The number of anilines is 1. The predicted octanol–water partition coefficient (Wildman–Crippen LogP) is 0.473. The first kappa shape index (κ1) is 20.2. The number of aliphatic imine (C=N–C) groups is 1. The second kappa shape index (κ2) is 8.20. The van der Waals surface area contributed by atoms with Crippen molar-refractivity contribution in [1.29, 1.82) is 0 Å². The van der Waals surface area contributed by atoms with Crippen molar-refractivity contribution in [3.8, 4) is 0 Å². The monoisotopic (exact) mass is 412 g/mol. The number of likely N-dealkylation sites (N-methyl/N-ethyl adjacent to an activating group) is 2. The van der Waals surface area contributed by atoms with Gasteiger partial charge in [0, 0.05) is 25.3 Å². The summed E-state index contributed by atoms with van der Waals surface area (Å²) in [6.45, 7) is 2.56. The molecule has 0 N–H and O–H groups in total. The minimum absolute atomic E-state index is 0. The van der Waals surface area contributed by atoms with Crippen LogP contribution in [-0.2, 0) is 11.8 Å². The number of carbonyl (C=O) groups is 1. The van der Waals surface area contributed by atoms with Crippen LogP contribution in [0.15, 0.2) is 70.3 Å². The molecule has 1 saturated heterocycles.